The van der Waals surface area contributed by atoms with Gasteiger partial charge >= 0.3 is 0 Å². The van der Waals surface area contributed by atoms with E-state index in [1.165, 1.54) is 0 Å². The minimum atomic E-state index is -0.190. The van der Waals surface area contributed by atoms with E-state index in [2.05, 4.69) is 54.2 Å². The first kappa shape index (κ1) is 13.9. The number of benzene rings is 1. The molecule has 18 heavy (non-hydrogen) atoms. The molecule has 0 saturated heterocycles. The van der Waals surface area contributed by atoms with Gasteiger partial charge in [-0.2, -0.15) is 0 Å². The quantitative estimate of drug-likeness (QED) is 0.882. The van der Waals surface area contributed by atoms with Crippen LogP contribution in [-0.4, -0.2) is 17.3 Å². The summed E-state index contributed by atoms with van der Waals surface area (Å²) in [6, 6.07) is 8.15. The van der Waals surface area contributed by atoms with Crippen molar-refractivity contribution in [2.45, 2.75) is 39.2 Å². The normalized spacial score (nSPS) is 30.4. The maximum Gasteiger partial charge on any atom is 0.0664 e. The van der Waals surface area contributed by atoms with Crippen molar-refractivity contribution in [3.05, 3.63) is 28.7 Å². The molecule has 1 aliphatic rings. The Bertz CT molecular complexity index is 432. The summed E-state index contributed by atoms with van der Waals surface area (Å²) < 4.78 is 1.06. The molecular formula is C15H22BrNO. The number of hydrogen-bond acceptors (Lipinski definition) is 2. The van der Waals surface area contributed by atoms with E-state index in [1.54, 1.807) is 0 Å². The lowest BCUT2D eigenvalue weighted by atomic mass is 9.86. The van der Waals surface area contributed by atoms with Gasteiger partial charge in [-0.1, -0.05) is 42.8 Å². The Hall–Kier alpha value is -0.540. The molecular weight excluding hydrogens is 290 g/mol. The number of rotatable bonds is 3. The molecule has 3 heteroatoms. The molecule has 0 heterocycles. The third kappa shape index (κ3) is 2.72. The second-order valence-electron chi connectivity index (χ2n) is 6.40. The summed E-state index contributed by atoms with van der Waals surface area (Å²) in [6.45, 7) is 6.98. The number of nitrogens with one attached hydrogen (secondary N) is 1. The number of anilines is 1. The molecule has 2 unspecified atom stereocenters. The Kier molecular flexibility index (Phi) is 3.75. The second kappa shape index (κ2) is 4.86. The van der Waals surface area contributed by atoms with Crippen molar-refractivity contribution in [1.82, 2.24) is 0 Å². The number of hydrogen-bond donors (Lipinski definition) is 2. The molecule has 100 valence electrons. The fourth-order valence-corrected chi connectivity index (χ4v) is 3.80. The standard InChI is InChI=1S/C15H22BrNO/c1-11-8-14(2,3)9-15(11,10-18)17-13-6-4-5-12(16)7-13/h4-7,11,17-18H,8-10H2,1-3H3. The Morgan fingerprint density at radius 2 is 2.17 bits per heavy atom. The highest BCUT2D eigenvalue weighted by atomic mass is 79.9. The van der Waals surface area contributed by atoms with E-state index in [-0.39, 0.29) is 12.1 Å². The number of halogens is 1. The van der Waals surface area contributed by atoms with Crippen LogP contribution < -0.4 is 5.32 Å². The molecule has 2 N–H and O–H groups in total. The zero-order valence-corrected chi connectivity index (χ0v) is 12.9. The molecule has 1 aromatic rings. The molecule has 1 fully saturated rings. The fraction of sp³-hybridized carbons (Fsp3) is 0.600. The molecule has 1 aliphatic carbocycles. The predicted molar refractivity (Wildman–Crippen MR) is 79.8 cm³/mol. The van der Waals surface area contributed by atoms with Gasteiger partial charge in [-0.05, 0) is 42.4 Å². The van der Waals surface area contributed by atoms with Gasteiger partial charge in [0.2, 0.25) is 0 Å². The molecule has 1 saturated carbocycles. The van der Waals surface area contributed by atoms with Crippen molar-refractivity contribution in [2.75, 3.05) is 11.9 Å². The molecule has 0 bridgehead atoms. The minimum Gasteiger partial charge on any atom is -0.394 e. The molecule has 1 aromatic carbocycles. The van der Waals surface area contributed by atoms with E-state index in [9.17, 15) is 5.11 Å². The average Bonchev–Trinajstić information content (AvgIpc) is 2.49. The number of aliphatic hydroxyl groups is 1. The SMILES string of the molecule is CC1CC(C)(C)CC1(CO)Nc1cccc(Br)c1. The van der Waals surface area contributed by atoms with Crippen LogP contribution >= 0.6 is 15.9 Å². The van der Waals surface area contributed by atoms with Crippen LogP contribution in [0.2, 0.25) is 0 Å². The lowest BCUT2D eigenvalue weighted by Crippen LogP contribution is -2.45. The number of aliphatic hydroxyl groups excluding tert-OH is 1. The largest absolute Gasteiger partial charge is 0.394 e. The molecule has 0 aliphatic heterocycles. The van der Waals surface area contributed by atoms with E-state index in [0.717, 1.165) is 23.0 Å². The van der Waals surface area contributed by atoms with Crippen LogP contribution in [0.3, 0.4) is 0 Å². The lowest BCUT2D eigenvalue weighted by Gasteiger charge is -2.35. The summed E-state index contributed by atoms with van der Waals surface area (Å²) in [5.41, 5.74) is 1.17. The monoisotopic (exact) mass is 311 g/mol. The summed E-state index contributed by atoms with van der Waals surface area (Å²) in [7, 11) is 0. The van der Waals surface area contributed by atoms with E-state index in [0.29, 0.717) is 11.3 Å². The second-order valence-corrected chi connectivity index (χ2v) is 7.31. The van der Waals surface area contributed by atoms with Crippen molar-refractivity contribution in [3.63, 3.8) is 0 Å². The summed E-state index contributed by atoms with van der Waals surface area (Å²) >= 11 is 3.49. The molecule has 2 nitrogen and oxygen atoms in total. The van der Waals surface area contributed by atoms with E-state index < -0.39 is 0 Å². The summed E-state index contributed by atoms with van der Waals surface area (Å²) in [5.74, 6) is 0.469. The van der Waals surface area contributed by atoms with Gasteiger partial charge in [0.15, 0.2) is 0 Å². The van der Waals surface area contributed by atoms with Gasteiger partial charge in [-0.3, -0.25) is 0 Å². The molecule has 0 aromatic heterocycles. The maximum atomic E-state index is 9.88. The van der Waals surface area contributed by atoms with Crippen LogP contribution in [0.25, 0.3) is 0 Å². The highest BCUT2D eigenvalue weighted by Gasteiger charge is 2.48. The zero-order chi connectivity index (χ0) is 13.4. The third-order valence-corrected chi connectivity index (χ3v) is 4.59. The first-order valence-electron chi connectivity index (χ1n) is 6.52. The van der Waals surface area contributed by atoms with Gasteiger partial charge in [0.05, 0.1) is 12.1 Å². The van der Waals surface area contributed by atoms with Crippen LogP contribution in [0.5, 0.6) is 0 Å². The van der Waals surface area contributed by atoms with Crippen molar-refractivity contribution in [1.29, 1.82) is 0 Å². The summed E-state index contributed by atoms with van der Waals surface area (Å²) in [5, 5.41) is 13.4. The van der Waals surface area contributed by atoms with E-state index in [1.807, 2.05) is 12.1 Å². The van der Waals surface area contributed by atoms with Crippen molar-refractivity contribution < 1.29 is 5.11 Å². The first-order chi connectivity index (χ1) is 8.37. The van der Waals surface area contributed by atoms with E-state index in [4.69, 9.17) is 0 Å². The van der Waals surface area contributed by atoms with Gasteiger partial charge in [-0.25, -0.2) is 0 Å². The van der Waals surface area contributed by atoms with Crippen LogP contribution in [0.15, 0.2) is 28.7 Å². The Balaban J connectivity index is 2.24. The van der Waals surface area contributed by atoms with Crippen LogP contribution in [-0.2, 0) is 0 Å². The predicted octanol–water partition coefficient (Wildman–Crippen LogP) is 4.05. The molecule has 2 rings (SSSR count). The molecule has 2 atom stereocenters. The smallest absolute Gasteiger partial charge is 0.0664 e. The minimum absolute atomic E-state index is 0.185. The molecule has 0 amide bonds. The highest BCUT2D eigenvalue weighted by Crippen LogP contribution is 2.48. The summed E-state index contributed by atoms with van der Waals surface area (Å²) in [6.07, 6.45) is 2.15. The van der Waals surface area contributed by atoms with Crippen molar-refractivity contribution >= 4 is 21.6 Å². The molecule has 0 spiro atoms. The zero-order valence-electron chi connectivity index (χ0n) is 11.3. The third-order valence-electron chi connectivity index (χ3n) is 4.10. The molecule has 0 radical (unpaired) electrons. The van der Waals surface area contributed by atoms with Gasteiger partial charge in [0.25, 0.3) is 0 Å². The van der Waals surface area contributed by atoms with Gasteiger partial charge in [0, 0.05) is 10.2 Å². The Morgan fingerprint density at radius 3 is 2.67 bits per heavy atom. The fourth-order valence-electron chi connectivity index (χ4n) is 3.40. The van der Waals surface area contributed by atoms with Crippen LogP contribution in [0, 0.1) is 11.3 Å². The Labute approximate surface area is 118 Å². The van der Waals surface area contributed by atoms with Gasteiger partial charge in [-0.15, -0.1) is 0 Å². The maximum absolute atomic E-state index is 9.88. The van der Waals surface area contributed by atoms with E-state index >= 15 is 0 Å². The Morgan fingerprint density at radius 1 is 1.44 bits per heavy atom. The topological polar surface area (TPSA) is 32.3 Å². The van der Waals surface area contributed by atoms with Crippen LogP contribution in [0.4, 0.5) is 5.69 Å². The van der Waals surface area contributed by atoms with Crippen molar-refractivity contribution in [2.24, 2.45) is 11.3 Å². The summed E-state index contributed by atoms with van der Waals surface area (Å²) in [4.78, 5) is 0. The van der Waals surface area contributed by atoms with Gasteiger partial charge in [0.1, 0.15) is 0 Å². The highest BCUT2D eigenvalue weighted by molar-refractivity contribution is 9.10. The lowest BCUT2D eigenvalue weighted by molar-refractivity contribution is 0.179. The van der Waals surface area contributed by atoms with Crippen LogP contribution in [0.1, 0.15) is 33.6 Å². The first-order valence-corrected chi connectivity index (χ1v) is 7.31. The average molecular weight is 312 g/mol. The van der Waals surface area contributed by atoms with Gasteiger partial charge < -0.3 is 10.4 Å². The van der Waals surface area contributed by atoms with Crippen molar-refractivity contribution in [3.8, 4) is 0 Å².